The van der Waals surface area contributed by atoms with Gasteiger partial charge in [0, 0.05) is 32.2 Å². The van der Waals surface area contributed by atoms with Gasteiger partial charge in [0.05, 0.1) is 26.7 Å². The van der Waals surface area contributed by atoms with E-state index in [-0.39, 0.29) is 5.91 Å². The molecule has 2 aliphatic rings. The third kappa shape index (κ3) is 5.19. The molecule has 2 saturated heterocycles. The SMILES string of the molecule is COc1cccc(CC(=O)N2CCCCC2CCN2CCOCC2)c1. The third-order valence-corrected chi connectivity index (χ3v) is 5.32. The van der Waals surface area contributed by atoms with Gasteiger partial charge in [0.15, 0.2) is 0 Å². The van der Waals surface area contributed by atoms with Crippen molar-refractivity contribution in [1.29, 1.82) is 0 Å². The fourth-order valence-corrected chi connectivity index (χ4v) is 3.84. The van der Waals surface area contributed by atoms with Crippen LogP contribution in [0.5, 0.6) is 5.75 Å². The van der Waals surface area contributed by atoms with Crippen LogP contribution in [0.1, 0.15) is 31.2 Å². The highest BCUT2D eigenvalue weighted by Crippen LogP contribution is 2.22. The quantitative estimate of drug-likeness (QED) is 0.793. The number of hydrogen-bond acceptors (Lipinski definition) is 4. The van der Waals surface area contributed by atoms with Crippen LogP contribution in [0.25, 0.3) is 0 Å². The topological polar surface area (TPSA) is 42.0 Å². The summed E-state index contributed by atoms with van der Waals surface area (Å²) in [5, 5.41) is 0. The van der Waals surface area contributed by atoms with Crippen LogP contribution in [0.15, 0.2) is 24.3 Å². The second-order valence-corrected chi connectivity index (χ2v) is 7.01. The average molecular weight is 346 g/mol. The summed E-state index contributed by atoms with van der Waals surface area (Å²) in [5.41, 5.74) is 1.03. The van der Waals surface area contributed by atoms with Gasteiger partial charge in [-0.15, -0.1) is 0 Å². The lowest BCUT2D eigenvalue weighted by atomic mass is 9.98. The first kappa shape index (κ1) is 18.2. The molecule has 3 rings (SSSR count). The van der Waals surface area contributed by atoms with E-state index in [0.29, 0.717) is 12.5 Å². The maximum atomic E-state index is 12.9. The van der Waals surface area contributed by atoms with Gasteiger partial charge in [-0.05, 0) is 43.4 Å². The van der Waals surface area contributed by atoms with E-state index in [1.54, 1.807) is 7.11 Å². The number of morpholine rings is 1. The highest BCUT2D eigenvalue weighted by Gasteiger charge is 2.27. The maximum Gasteiger partial charge on any atom is 0.227 e. The number of ether oxygens (including phenoxy) is 2. The van der Waals surface area contributed by atoms with E-state index in [9.17, 15) is 4.79 Å². The van der Waals surface area contributed by atoms with Gasteiger partial charge in [-0.25, -0.2) is 0 Å². The van der Waals surface area contributed by atoms with E-state index in [0.717, 1.165) is 70.0 Å². The summed E-state index contributed by atoms with van der Waals surface area (Å²) >= 11 is 0. The standard InChI is InChI=1S/C20H30N2O3/c1-24-19-7-4-5-17(15-19)16-20(23)22-9-3-2-6-18(22)8-10-21-11-13-25-14-12-21/h4-5,7,15,18H,2-3,6,8-14,16H2,1H3. The molecular formula is C20H30N2O3. The molecule has 0 saturated carbocycles. The van der Waals surface area contributed by atoms with E-state index in [1.807, 2.05) is 24.3 Å². The molecule has 138 valence electrons. The van der Waals surface area contributed by atoms with Crippen molar-refractivity contribution in [1.82, 2.24) is 9.80 Å². The summed E-state index contributed by atoms with van der Waals surface area (Å²) in [5.74, 6) is 1.06. The predicted octanol–water partition coefficient (Wildman–Crippen LogP) is 2.34. The van der Waals surface area contributed by atoms with Crippen LogP contribution in [-0.4, -0.2) is 68.3 Å². The minimum absolute atomic E-state index is 0.250. The Hall–Kier alpha value is -1.59. The van der Waals surface area contributed by atoms with Crippen LogP contribution < -0.4 is 4.74 Å². The molecule has 2 aliphatic heterocycles. The zero-order chi connectivity index (χ0) is 17.5. The fraction of sp³-hybridized carbons (Fsp3) is 0.650. The molecule has 2 heterocycles. The summed E-state index contributed by atoms with van der Waals surface area (Å²) in [7, 11) is 1.66. The Balaban J connectivity index is 1.56. The van der Waals surface area contributed by atoms with Gasteiger partial charge in [0.1, 0.15) is 5.75 Å². The largest absolute Gasteiger partial charge is 0.497 e. The molecule has 2 fully saturated rings. The number of carbonyl (C=O) groups excluding carboxylic acids is 1. The molecule has 1 aromatic carbocycles. The van der Waals surface area contributed by atoms with Crippen molar-refractivity contribution in [2.45, 2.75) is 38.1 Å². The molecule has 1 unspecified atom stereocenters. The zero-order valence-electron chi connectivity index (χ0n) is 15.3. The first-order chi connectivity index (χ1) is 12.3. The van der Waals surface area contributed by atoms with Crippen LogP contribution in [-0.2, 0) is 16.0 Å². The lowest BCUT2D eigenvalue weighted by molar-refractivity contribution is -0.134. The van der Waals surface area contributed by atoms with E-state index in [2.05, 4.69) is 9.80 Å². The Morgan fingerprint density at radius 1 is 1.24 bits per heavy atom. The molecule has 0 spiro atoms. The molecule has 0 aliphatic carbocycles. The predicted molar refractivity (Wildman–Crippen MR) is 97.9 cm³/mol. The molecule has 5 nitrogen and oxygen atoms in total. The molecule has 1 aromatic rings. The lowest BCUT2D eigenvalue weighted by Crippen LogP contribution is -2.46. The number of nitrogens with zero attached hydrogens (tertiary/aromatic N) is 2. The van der Waals surface area contributed by atoms with Gasteiger partial charge in [-0.3, -0.25) is 9.69 Å². The number of amides is 1. The van der Waals surface area contributed by atoms with Gasteiger partial charge < -0.3 is 14.4 Å². The highest BCUT2D eigenvalue weighted by molar-refractivity contribution is 5.79. The van der Waals surface area contributed by atoms with Crippen molar-refractivity contribution in [2.24, 2.45) is 0 Å². The Kier molecular flexibility index (Phi) is 6.70. The normalized spacial score (nSPS) is 22.0. The van der Waals surface area contributed by atoms with Crippen LogP contribution >= 0.6 is 0 Å². The number of rotatable bonds is 6. The lowest BCUT2D eigenvalue weighted by Gasteiger charge is -2.37. The number of hydrogen-bond donors (Lipinski definition) is 0. The Morgan fingerprint density at radius 2 is 2.08 bits per heavy atom. The molecule has 0 N–H and O–H groups in total. The van der Waals surface area contributed by atoms with Crippen LogP contribution in [0, 0.1) is 0 Å². The Labute approximate surface area is 150 Å². The molecule has 5 heteroatoms. The fourth-order valence-electron chi connectivity index (χ4n) is 3.84. The highest BCUT2D eigenvalue weighted by atomic mass is 16.5. The van der Waals surface area contributed by atoms with Gasteiger partial charge >= 0.3 is 0 Å². The summed E-state index contributed by atoms with van der Waals surface area (Å²) in [6, 6.07) is 8.22. The summed E-state index contributed by atoms with van der Waals surface area (Å²) in [6.45, 7) is 5.68. The number of methoxy groups -OCH3 is 1. The number of benzene rings is 1. The monoisotopic (exact) mass is 346 g/mol. The number of likely N-dealkylation sites (tertiary alicyclic amines) is 1. The first-order valence-corrected chi connectivity index (χ1v) is 9.49. The van der Waals surface area contributed by atoms with E-state index in [4.69, 9.17) is 9.47 Å². The van der Waals surface area contributed by atoms with Crippen molar-refractivity contribution in [2.75, 3.05) is 46.5 Å². The van der Waals surface area contributed by atoms with Crippen molar-refractivity contribution in [3.8, 4) is 5.75 Å². The average Bonchev–Trinajstić information content (AvgIpc) is 2.67. The van der Waals surface area contributed by atoms with E-state index >= 15 is 0 Å². The molecule has 0 aromatic heterocycles. The number of piperidine rings is 1. The molecular weight excluding hydrogens is 316 g/mol. The van der Waals surface area contributed by atoms with Crippen LogP contribution in [0.3, 0.4) is 0 Å². The zero-order valence-corrected chi connectivity index (χ0v) is 15.3. The van der Waals surface area contributed by atoms with Gasteiger partial charge in [-0.1, -0.05) is 12.1 Å². The van der Waals surface area contributed by atoms with Gasteiger partial charge in [0.25, 0.3) is 0 Å². The molecule has 1 amide bonds. The van der Waals surface area contributed by atoms with Crippen LogP contribution in [0.4, 0.5) is 0 Å². The van der Waals surface area contributed by atoms with Gasteiger partial charge in [0.2, 0.25) is 5.91 Å². The Bertz CT molecular complexity index is 558. The minimum atomic E-state index is 0.250. The first-order valence-electron chi connectivity index (χ1n) is 9.49. The Morgan fingerprint density at radius 3 is 2.88 bits per heavy atom. The van der Waals surface area contributed by atoms with E-state index < -0.39 is 0 Å². The second kappa shape index (κ2) is 9.20. The number of carbonyl (C=O) groups is 1. The van der Waals surface area contributed by atoms with E-state index in [1.165, 1.54) is 6.42 Å². The van der Waals surface area contributed by atoms with Gasteiger partial charge in [-0.2, -0.15) is 0 Å². The van der Waals surface area contributed by atoms with Crippen molar-refractivity contribution < 1.29 is 14.3 Å². The molecule has 0 bridgehead atoms. The van der Waals surface area contributed by atoms with Crippen molar-refractivity contribution in [3.05, 3.63) is 29.8 Å². The minimum Gasteiger partial charge on any atom is -0.497 e. The smallest absolute Gasteiger partial charge is 0.227 e. The maximum absolute atomic E-state index is 12.9. The third-order valence-electron chi connectivity index (χ3n) is 5.32. The van der Waals surface area contributed by atoms with Crippen molar-refractivity contribution >= 4 is 5.91 Å². The van der Waals surface area contributed by atoms with Crippen molar-refractivity contribution in [3.63, 3.8) is 0 Å². The second-order valence-electron chi connectivity index (χ2n) is 7.01. The summed E-state index contributed by atoms with van der Waals surface area (Å²) in [6.07, 6.45) is 5.03. The van der Waals surface area contributed by atoms with Crippen LogP contribution in [0.2, 0.25) is 0 Å². The summed E-state index contributed by atoms with van der Waals surface area (Å²) in [4.78, 5) is 17.5. The molecule has 25 heavy (non-hydrogen) atoms. The summed E-state index contributed by atoms with van der Waals surface area (Å²) < 4.78 is 10.7. The molecule has 1 atom stereocenters. The molecule has 0 radical (unpaired) electrons.